The SMILES string of the molecule is Cc1ccc(C(=O)c2cccc(C#Cc3ccccc3CCc3cccc(C(=O)c4ccc(C)cc4)c3)c2)cc1. The predicted octanol–water partition coefficient (Wildman–Crippen LogP) is 7.95. The largest absolute Gasteiger partial charge is 0.289 e. The van der Waals surface area contributed by atoms with Crippen molar-refractivity contribution in [1.29, 1.82) is 0 Å². The standard InChI is InChI=1S/C38H30O2/c1-27-13-19-33(20-14-27)37(39)35-11-5-7-29(25-35)17-23-31-9-3-4-10-32(31)24-18-30-8-6-12-36(26-30)38(40)34-21-15-28(2)16-22-34/h3-16,19-22,25-26H,17,23H2,1-2H3. The maximum atomic E-state index is 13.0. The van der Waals surface area contributed by atoms with Crippen molar-refractivity contribution in [3.63, 3.8) is 0 Å². The molecular weight excluding hydrogens is 488 g/mol. The fourth-order valence-electron chi connectivity index (χ4n) is 4.63. The first-order chi connectivity index (χ1) is 19.5. The molecule has 0 fully saturated rings. The zero-order valence-electron chi connectivity index (χ0n) is 22.8. The normalized spacial score (nSPS) is 10.4. The third-order valence-electron chi connectivity index (χ3n) is 6.98. The third-order valence-corrected chi connectivity index (χ3v) is 6.98. The van der Waals surface area contributed by atoms with Gasteiger partial charge in [0.15, 0.2) is 11.6 Å². The molecule has 2 heteroatoms. The second-order valence-electron chi connectivity index (χ2n) is 10.1. The lowest BCUT2D eigenvalue weighted by molar-refractivity contribution is 0.103. The zero-order valence-corrected chi connectivity index (χ0v) is 22.8. The molecule has 194 valence electrons. The maximum Gasteiger partial charge on any atom is 0.193 e. The van der Waals surface area contributed by atoms with Crippen LogP contribution in [0.15, 0.2) is 121 Å². The number of carbonyl (C=O) groups excluding carboxylic acids is 2. The molecule has 0 aromatic heterocycles. The topological polar surface area (TPSA) is 34.1 Å². The Balaban J connectivity index is 1.30. The molecule has 2 nitrogen and oxygen atoms in total. The molecule has 0 spiro atoms. The van der Waals surface area contributed by atoms with Crippen LogP contribution in [0.2, 0.25) is 0 Å². The van der Waals surface area contributed by atoms with Crippen molar-refractivity contribution in [1.82, 2.24) is 0 Å². The number of hydrogen-bond donors (Lipinski definition) is 0. The lowest BCUT2D eigenvalue weighted by Crippen LogP contribution is -2.03. The van der Waals surface area contributed by atoms with E-state index in [1.807, 2.05) is 123 Å². The smallest absolute Gasteiger partial charge is 0.193 e. The minimum Gasteiger partial charge on any atom is -0.289 e. The summed E-state index contributed by atoms with van der Waals surface area (Å²) >= 11 is 0. The Morgan fingerprint density at radius 1 is 0.525 bits per heavy atom. The predicted molar refractivity (Wildman–Crippen MR) is 162 cm³/mol. The summed E-state index contributed by atoms with van der Waals surface area (Å²) in [6, 6.07) is 38.8. The number of benzene rings is 5. The van der Waals surface area contributed by atoms with Crippen LogP contribution in [0.1, 0.15) is 65.2 Å². The van der Waals surface area contributed by atoms with Crippen LogP contribution in [-0.4, -0.2) is 11.6 Å². The van der Waals surface area contributed by atoms with Gasteiger partial charge in [0.2, 0.25) is 0 Å². The van der Waals surface area contributed by atoms with Crippen molar-refractivity contribution in [3.05, 3.63) is 177 Å². The number of aryl methyl sites for hydroxylation is 4. The van der Waals surface area contributed by atoms with Crippen LogP contribution in [0.3, 0.4) is 0 Å². The molecular formula is C38H30O2. The van der Waals surface area contributed by atoms with Gasteiger partial charge in [0.1, 0.15) is 0 Å². The molecule has 40 heavy (non-hydrogen) atoms. The maximum absolute atomic E-state index is 13.0. The van der Waals surface area contributed by atoms with E-state index in [9.17, 15) is 9.59 Å². The number of rotatable bonds is 7. The fourth-order valence-corrected chi connectivity index (χ4v) is 4.63. The van der Waals surface area contributed by atoms with Gasteiger partial charge in [-0.2, -0.15) is 0 Å². The number of ketones is 2. The minimum absolute atomic E-state index is 0.00728. The Kier molecular flexibility index (Phi) is 8.14. The second kappa shape index (κ2) is 12.2. The quantitative estimate of drug-likeness (QED) is 0.162. The van der Waals surface area contributed by atoms with Gasteiger partial charge in [-0.15, -0.1) is 0 Å². The van der Waals surface area contributed by atoms with Gasteiger partial charge >= 0.3 is 0 Å². The number of carbonyl (C=O) groups is 2. The highest BCUT2D eigenvalue weighted by atomic mass is 16.1. The van der Waals surface area contributed by atoms with Crippen molar-refractivity contribution in [3.8, 4) is 11.8 Å². The van der Waals surface area contributed by atoms with Crippen LogP contribution < -0.4 is 0 Å². The molecule has 5 aromatic carbocycles. The van der Waals surface area contributed by atoms with Crippen LogP contribution in [0, 0.1) is 25.7 Å². The van der Waals surface area contributed by atoms with Crippen LogP contribution in [0.4, 0.5) is 0 Å². The van der Waals surface area contributed by atoms with E-state index in [1.54, 1.807) is 0 Å². The fraction of sp³-hybridized carbons (Fsp3) is 0.105. The molecule has 0 saturated heterocycles. The zero-order chi connectivity index (χ0) is 27.9. The lowest BCUT2D eigenvalue weighted by atomic mass is 9.96. The Hall–Kier alpha value is -5.00. The van der Waals surface area contributed by atoms with Crippen molar-refractivity contribution in [2.75, 3.05) is 0 Å². The van der Waals surface area contributed by atoms with Gasteiger partial charge in [-0.05, 0) is 62.1 Å². The molecule has 0 saturated carbocycles. The van der Waals surface area contributed by atoms with E-state index >= 15 is 0 Å². The van der Waals surface area contributed by atoms with Gasteiger partial charge in [0.25, 0.3) is 0 Å². The molecule has 5 aromatic rings. The summed E-state index contributed by atoms with van der Waals surface area (Å²) in [7, 11) is 0. The molecule has 0 atom stereocenters. The molecule has 0 aliphatic heterocycles. The molecule has 0 unspecified atom stereocenters. The second-order valence-corrected chi connectivity index (χ2v) is 10.1. The van der Waals surface area contributed by atoms with Crippen molar-refractivity contribution >= 4 is 11.6 Å². The summed E-state index contributed by atoms with van der Waals surface area (Å²) in [5, 5.41) is 0. The highest BCUT2D eigenvalue weighted by Gasteiger charge is 2.11. The summed E-state index contributed by atoms with van der Waals surface area (Å²) in [6.45, 7) is 4.02. The van der Waals surface area contributed by atoms with Gasteiger partial charge in [-0.3, -0.25) is 9.59 Å². The van der Waals surface area contributed by atoms with Crippen molar-refractivity contribution < 1.29 is 9.59 Å². The van der Waals surface area contributed by atoms with Crippen molar-refractivity contribution in [2.45, 2.75) is 26.7 Å². The van der Waals surface area contributed by atoms with Crippen LogP contribution in [0.25, 0.3) is 0 Å². The van der Waals surface area contributed by atoms with Crippen LogP contribution >= 0.6 is 0 Å². The van der Waals surface area contributed by atoms with E-state index < -0.39 is 0 Å². The highest BCUT2D eigenvalue weighted by molar-refractivity contribution is 6.09. The molecule has 0 N–H and O–H groups in total. The molecule has 0 radical (unpaired) electrons. The molecule has 0 heterocycles. The van der Waals surface area contributed by atoms with E-state index in [1.165, 1.54) is 0 Å². The molecule has 0 amide bonds. The van der Waals surface area contributed by atoms with Crippen LogP contribution in [-0.2, 0) is 12.8 Å². The Labute approximate surface area is 236 Å². The first-order valence-corrected chi connectivity index (χ1v) is 13.5. The van der Waals surface area contributed by atoms with Gasteiger partial charge in [0.05, 0.1) is 0 Å². The van der Waals surface area contributed by atoms with Crippen LogP contribution in [0.5, 0.6) is 0 Å². The van der Waals surface area contributed by atoms with Gasteiger partial charge in [-0.25, -0.2) is 0 Å². The molecule has 0 bridgehead atoms. The van der Waals surface area contributed by atoms with Gasteiger partial charge in [-0.1, -0.05) is 120 Å². The monoisotopic (exact) mass is 518 g/mol. The summed E-state index contributed by atoms with van der Waals surface area (Å²) < 4.78 is 0. The first-order valence-electron chi connectivity index (χ1n) is 13.5. The minimum atomic E-state index is -0.00728. The molecule has 5 rings (SSSR count). The summed E-state index contributed by atoms with van der Waals surface area (Å²) in [4.78, 5) is 25.9. The van der Waals surface area contributed by atoms with E-state index in [0.717, 1.165) is 46.2 Å². The van der Waals surface area contributed by atoms with E-state index in [-0.39, 0.29) is 11.6 Å². The van der Waals surface area contributed by atoms with E-state index in [0.29, 0.717) is 22.3 Å². The lowest BCUT2D eigenvalue weighted by Gasteiger charge is -2.07. The molecule has 0 aliphatic rings. The Morgan fingerprint density at radius 2 is 1.10 bits per heavy atom. The summed E-state index contributed by atoms with van der Waals surface area (Å²) in [5.74, 6) is 6.60. The van der Waals surface area contributed by atoms with E-state index in [4.69, 9.17) is 0 Å². The van der Waals surface area contributed by atoms with Gasteiger partial charge in [0, 0.05) is 33.4 Å². The van der Waals surface area contributed by atoms with E-state index in [2.05, 4.69) is 24.0 Å². The first kappa shape index (κ1) is 26.6. The Bertz CT molecular complexity index is 1730. The average molecular weight is 519 g/mol. The number of hydrogen-bond acceptors (Lipinski definition) is 2. The highest BCUT2D eigenvalue weighted by Crippen LogP contribution is 2.17. The molecule has 0 aliphatic carbocycles. The van der Waals surface area contributed by atoms with Crippen molar-refractivity contribution in [2.24, 2.45) is 0 Å². The Morgan fingerprint density at radius 3 is 1.75 bits per heavy atom. The third kappa shape index (κ3) is 6.52. The van der Waals surface area contributed by atoms with Gasteiger partial charge < -0.3 is 0 Å². The summed E-state index contributed by atoms with van der Waals surface area (Å²) in [6.07, 6.45) is 1.60. The average Bonchev–Trinajstić information content (AvgIpc) is 3.00. The summed E-state index contributed by atoms with van der Waals surface area (Å²) in [5.41, 5.74) is 8.99.